The smallest absolute Gasteiger partial charge is 0.250 e. The normalized spacial score (nSPS) is 14.5. The minimum absolute atomic E-state index is 0.104. The van der Waals surface area contributed by atoms with Gasteiger partial charge in [0.15, 0.2) is 0 Å². The number of benzene rings is 1. The van der Waals surface area contributed by atoms with E-state index in [1.165, 1.54) is 6.07 Å². The fourth-order valence-electron chi connectivity index (χ4n) is 3.12. The quantitative estimate of drug-likeness (QED) is 0.705. The van der Waals surface area contributed by atoms with Crippen molar-refractivity contribution in [2.24, 2.45) is 0 Å². The Hall–Kier alpha value is -3.02. The molecule has 0 radical (unpaired) electrons. The van der Waals surface area contributed by atoms with Gasteiger partial charge >= 0.3 is 0 Å². The summed E-state index contributed by atoms with van der Waals surface area (Å²) in [6, 6.07) is 10.8. The maximum Gasteiger partial charge on any atom is 0.250 e. The van der Waals surface area contributed by atoms with Gasteiger partial charge in [0.2, 0.25) is 5.91 Å². The highest BCUT2D eigenvalue weighted by Gasteiger charge is 2.22. The minimum Gasteiger partial charge on any atom is -0.497 e. The predicted molar refractivity (Wildman–Crippen MR) is 105 cm³/mol. The van der Waals surface area contributed by atoms with Gasteiger partial charge in [0, 0.05) is 30.8 Å². The second-order valence-electron chi connectivity index (χ2n) is 6.30. The first-order chi connectivity index (χ1) is 13.1. The van der Waals surface area contributed by atoms with Gasteiger partial charge in [-0.3, -0.25) is 9.59 Å². The van der Waals surface area contributed by atoms with Crippen molar-refractivity contribution in [2.45, 2.75) is 26.3 Å². The fourth-order valence-corrected chi connectivity index (χ4v) is 3.12. The van der Waals surface area contributed by atoms with Gasteiger partial charge in [0.1, 0.15) is 18.1 Å². The first-order valence-electron chi connectivity index (χ1n) is 9.07. The summed E-state index contributed by atoms with van der Waals surface area (Å²) in [5, 5.41) is 0. The van der Waals surface area contributed by atoms with Crippen LogP contribution in [-0.4, -0.2) is 30.7 Å². The highest BCUT2D eigenvalue weighted by atomic mass is 16.5. The lowest BCUT2D eigenvalue weighted by molar-refractivity contribution is -0.117. The molecule has 0 saturated carbocycles. The molecule has 1 aromatic carbocycles. The fraction of sp³-hybridized carbons (Fsp3) is 0.333. The van der Waals surface area contributed by atoms with E-state index < -0.39 is 0 Å². The molecule has 1 fully saturated rings. The second kappa shape index (κ2) is 8.58. The number of pyridine rings is 1. The van der Waals surface area contributed by atoms with E-state index in [1.54, 1.807) is 28.8 Å². The van der Waals surface area contributed by atoms with Gasteiger partial charge in [-0.1, -0.05) is 0 Å². The van der Waals surface area contributed by atoms with Gasteiger partial charge in [-0.05, 0) is 49.8 Å². The number of carbonyl (C=O) groups excluding carboxylic acids is 1. The van der Waals surface area contributed by atoms with Crippen molar-refractivity contribution in [2.75, 3.05) is 25.2 Å². The molecule has 1 aromatic heterocycles. The lowest BCUT2D eigenvalue weighted by atomic mass is 10.2. The van der Waals surface area contributed by atoms with E-state index in [1.807, 2.05) is 37.3 Å². The number of allylic oxidation sites excluding steroid dienone is 1. The number of hydrogen-bond donors (Lipinski definition) is 0. The third-order valence-corrected chi connectivity index (χ3v) is 4.58. The van der Waals surface area contributed by atoms with E-state index >= 15 is 0 Å². The van der Waals surface area contributed by atoms with Crippen LogP contribution in [0.15, 0.2) is 53.5 Å². The molecule has 0 unspecified atom stereocenters. The maximum absolute atomic E-state index is 12.1. The Kier molecular flexibility index (Phi) is 5.96. The molecule has 142 valence electrons. The van der Waals surface area contributed by atoms with Gasteiger partial charge < -0.3 is 18.9 Å². The summed E-state index contributed by atoms with van der Waals surface area (Å²) in [4.78, 5) is 25.8. The monoisotopic (exact) mass is 368 g/mol. The van der Waals surface area contributed by atoms with Gasteiger partial charge in [0.05, 0.1) is 19.3 Å². The van der Waals surface area contributed by atoms with Crippen molar-refractivity contribution in [1.82, 2.24) is 4.57 Å². The van der Waals surface area contributed by atoms with Gasteiger partial charge in [0.25, 0.3) is 5.56 Å². The molecule has 0 N–H and O–H groups in total. The average molecular weight is 368 g/mol. The molecule has 0 bridgehead atoms. The standard InChI is InChI=1S/C21H24N2O4/c1-3-19(16-6-9-18(26-2)10-7-16)27-14-13-22-15-17(8-11-20(22)24)23-12-4-5-21(23)25/h3,6-11,15H,4-5,12-14H2,1-2H3/b19-3+. The number of methoxy groups -OCH3 is 1. The Labute approximate surface area is 158 Å². The Morgan fingerprint density at radius 2 is 1.93 bits per heavy atom. The molecule has 3 rings (SSSR count). The zero-order chi connectivity index (χ0) is 19.2. The number of rotatable bonds is 7. The molecule has 1 aliphatic rings. The van der Waals surface area contributed by atoms with Gasteiger partial charge in [-0.15, -0.1) is 0 Å². The molecule has 2 heterocycles. The molecular formula is C21H24N2O4. The van der Waals surface area contributed by atoms with Crippen molar-refractivity contribution in [1.29, 1.82) is 0 Å². The molecule has 1 aliphatic heterocycles. The third kappa shape index (κ3) is 4.39. The van der Waals surface area contributed by atoms with Crippen LogP contribution in [0, 0.1) is 0 Å². The van der Waals surface area contributed by atoms with Crippen LogP contribution in [0.4, 0.5) is 5.69 Å². The summed E-state index contributed by atoms with van der Waals surface area (Å²) < 4.78 is 12.6. The van der Waals surface area contributed by atoms with Crippen molar-refractivity contribution < 1.29 is 14.3 Å². The lowest BCUT2D eigenvalue weighted by Gasteiger charge is -2.17. The molecule has 27 heavy (non-hydrogen) atoms. The number of aromatic nitrogens is 1. The molecule has 1 amide bonds. The zero-order valence-electron chi connectivity index (χ0n) is 15.7. The topological polar surface area (TPSA) is 60.8 Å². The third-order valence-electron chi connectivity index (χ3n) is 4.58. The Balaban J connectivity index is 1.65. The molecule has 0 spiro atoms. The molecule has 2 aromatic rings. The lowest BCUT2D eigenvalue weighted by Crippen LogP contribution is -2.27. The van der Waals surface area contributed by atoms with Crippen molar-refractivity contribution in [3.63, 3.8) is 0 Å². The van der Waals surface area contributed by atoms with Crippen LogP contribution >= 0.6 is 0 Å². The molecule has 0 aliphatic carbocycles. The molecule has 0 atom stereocenters. The van der Waals surface area contributed by atoms with E-state index in [2.05, 4.69) is 0 Å². The van der Waals surface area contributed by atoms with Crippen LogP contribution in [0.5, 0.6) is 5.75 Å². The van der Waals surface area contributed by atoms with Gasteiger partial charge in [-0.25, -0.2) is 0 Å². The second-order valence-corrected chi connectivity index (χ2v) is 6.30. The predicted octanol–water partition coefficient (Wildman–Crippen LogP) is 3.06. The van der Waals surface area contributed by atoms with E-state index in [0.29, 0.717) is 26.1 Å². The number of anilines is 1. The Morgan fingerprint density at radius 3 is 2.56 bits per heavy atom. The van der Waals surface area contributed by atoms with Crippen molar-refractivity contribution >= 4 is 17.4 Å². The van der Waals surface area contributed by atoms with Gasteiger partial charge in [-0.2, -0.15) is 0 Å². The van der Waals surface area contributed by atoms with Crippen LogP contribution in [0.2, 0.25) is 0 Å². The zero-order valence-corrected chi connectivity index (χ0v) is 15.7. The first kappa shape index (κ1) is 18.8. The summed E-state index contributed by atoms with van der Waals surface area (Å²) >= 11 is 0. The van der Waals surface area contributed by atoms with E-state index in [0.717, 1.165) is 29.2 Å². The number of ether oxygens (including phenoxy) is 2. The first-order valence-corrected chi connectivity index (χ1v) is 9.07. The van der Waals surface area contributed by atoms with Crippen LogP contribution in [0.25, 0.3) is 5.76 Å². The SMILES string of the molecule is C/C=C(/OCCn1cc(N2CCCC2=O)ccc1=O)c1ccc(OC)cc1. The van der Waals surface area contributed by atoms with Crippen LogP contribution in [0.1, 0.15) is 25.3 Å². The molecular weight excluding hydrogens is 344 g/mol. The Morgan fingerprint density at radius 1 is 1.15 bits per heavy atom. The molecule has 1 saturated heterocycles. The number of hydrogen-bond acceptors (Lipinski definition) is 4. The van der Waals surface area contributed by atoms with E-state index in [-0.39, 0.29) is 11.5 Å². The number of nitrogens with zero attached hydrogens (tertiary/aromatic N) is 2. The number of amides is 1. The highest BCUT2D eigenvalue weighted by Crippen LogP contribution is 2.21. The largest absolute Gasteiger partial charge is 0.497 e. The van der Waals surface area contributed by atoms with Crippen molar-refractivity contribution in [3.05, 3.63) is 64.6 Å². The van der Waals surface area contributed by atoms with E-state index in [9.17, 15) is 9.59 Å². The summed E-state index contributed by atoms with van der Waals surface area (Å²) in [5.41, 5.74) is 1.60. The molecule has 6 nitrogen and oxygen atoms in total. The van der Waals surface area contributed by atoms with Crippen LogP contribution < -0.4 is 15.2 Å². The summed E-state index contributed by atoms with van der Waals surface area (Å²) in [5.74, 6) is 1.64. The summed E-state index contributed by atoms with van der Waals surface area (Å²) in [6.07, 6.45) is 5.05. The highest BCUT2D eigenvalue weighted by molar-refractivity contribution is 5.95. The Bertz CT molecular complexity index is 884. The maximum atomic E-state index is 12.1. The van der Waals surface area contributed by atoms with Crippen LogP contribution in [-0.2, 0) is 16.1 Å². The summed E-state index contributed by atoms with van der Waals surface area (Å²) in [7, 11) is 1.63. The van der Waals surface area contributed by atoms with Crippen molar-refractivity contribution in [3.8, 4) is 5.75 Å². The van der Waals surface area contributed by atoms with Crippen LogP contribution in [0.3, 0.4) is 0 Å². The molecule has 6 heteroatoms. The van der Waals surface area contributed by atoms with E-state index in [4.69, 9.17) is 9.47 Å². The minimum atomic E-state index is -0.111. The average Bonchev–Trinajstić information content (AvgIpc) is 3.13. The number of carbonyl (C=O) groups is 1. The summed E-state index contributed by atoms with van der Waals surface area (Å²) in [6.45, 7) is 3.37.